The van der Waals surface area contributed by atoms with Crippen molar-refractivity contribution in [3.8, 4) is 23.8 Å². The fourth-order valence-corrected chi connectivity index (χ4v) is 3.05. The normalized spacial score (nSPS) is 10.7. The Morgan fingerprint density at radius 1 is 0.933 bits per heavy atom. The zero-order valence-corrected chi connectivity index (χ0v) is 17.4. The molecule has 1 aromatic heterocycles. The Morgan fingerprint density at radius 2 is 1.77 bits per heavy atom. The van der Waals surface area contributed by atoms with Crippen LogP contribution in [0.4, 0.5) is 0 Å². The first-order valence-electron chi connectivity index (χ1n) is 9.90. The third kappa shape index (κ3) is 5.93. The van der Waals surface area contributed by atoms with Gasteiger partial charge in [-0.15, -0.1) is 6.42 Å². The minimum Gasteiger partial charge on any atom is -0.491 e. The Kier molecular flexibility index (Phi) is 8.02. The number of benzene rings is 2. The van der Waals surface area contributed by atoms with Crippen LogP contribution in [0, 0.1) is 12.3 Å². The van der Waals surface area contributed by atoms with E-state index in [1.807, 2.05) is 43.3 Å². The van der Waals surface area contributed by atoms with E-state index in [0.29, 0.717) is 39.5 Å². The van der Waals surface area contributed by atoms with Crippen molar-refractivity contribution in [1.82, 2.24) is 9.97 Å². The van der Waals surface area contributed by atoms with Gasteiger partial charge in [0.2, 0.25) is 0 Å². The standard InChI is InChI=1S/C24H26N2O4/c1-4-18-12-19(14-21(13-18)30-11-9-28-5-2)15-23-22-7-6-20(29-10-8-27-3)16-24(22)26-17-25-23/h1,6-7,12-14,16-17H,5,8-11,15H2,2-3H3. The average Bonchev–Trinajstić information content (AvgIpc) is 2.77. The number of aromatic nitrogens is 2. The second kappa shape index (κ2) is 11.1. The minimum absolute atomic E-state index is 0.476. The first-order chi connectivity index (χ1) is 14.7. The molecule has 6 heteroatoms. The van der Waals surface area contributed by atoms with Gasteiger partial charge in [-0.05, 0) is 42.8 Å². The molecule has 0 atom stereocenters. The van der Waals surface area contributed by atoms with Crippen molar-refractivity contribution in [2.24, 2.45) is 0 Å². The Balaban J connectivity index is 1.80. The van der Waals surface area contributed by atoms with Gasteiger partial charge in [0.15, 0.2) is 0 Å². The second-order valence-corrected chi connectivity index (χ2v) is 6.57. The van der Waals surface area contributed by atoms with E-state index in [-0.39, 0.29) is 0 Å². The van der Waals surface area contributed by atoms with Crippen molar-refractivity contribution in [3.05, 3.63) is 59.5 Å². The fraction of sp³-hybridized carbons (Fsp3) is 0.333. The lowest BCUT2D eigenvalue weighted by Gasteiger charge is -2.11. The summed E-state index contributed by atoms with van der Waals surface area (Å²) in [6, 6.07) is 11.6. The molecule has 3 aromatic rings. The van der Waals surface area contributed by atoms with Gasteiger partial charge in [0.1, 0.15) is 31.0 Å². The van der Waals surface area contributed by atoms with Crippen molar-refractivity contribution >= 4 is 10.9 Å². The third-order valence-electron chi connectivity index (χ3n) is 4.45. The van der Waals surface area contributed by atoms with Crippen molar-refractivity contribution in [3.63, 3.8) is 0 Å². The van der Waals surface area contributed by atoms with Gasteiger partial charge >= 0.3 is 0 Å². The average molecular weight is 406 g/mol. The van der Waals surface area contributed by atoms with Gasteiger partial charge < -0.3 is 18.9 Å². The van der Waals surface area contributed by atoms with Crippen LogP contribution < -0.4 is 9.47 Å². The Morgan fingerprint density at radius 3 is 2.57 bits per heavy atom. The van der Waals surface area contributed by atoms with E-state index >= 15 is 0 Å². The van der Waals surface area contributed by atoms with Crippen molar-refractivity contribution < 1.29 is 18.9 Å². The van der Waals surface area contributed by atoms with Crippen LogP contribution in [0.3, 0.4) is 0 Å². The molecule has 0 amide bonds. The highest BCUT2D eigenvalue weighted by Crippen LogP contribution is 2.25. The molecular formula is C24H26N2O4. The summed E-state index contributed by atoms with van der Waals surface area (Å²) >= 11 is 0. The largest absolute Gasteiger partial charge is 0.491 e. The molecule has 0 aliphatic carbocycles. The molecule has 0 radical (unpaired) electrons. The maximum atomic E-state index is 5.80. The quantitative estimate of drug-likeness (QED) is 0.358. The lowest BCUT2D eigenvalue weighted by atomic mass is 10.0. The number of terminal acetylenes is 1. The highest BCUT2D eigenvalue weighted by Gasteiger charge is 2.09. The molecule has 0 spiro atoms. The van der Waals surface area contributed by atoms with Crippen LogP contribution in [0.2, 0.25) is 0 Å². The van der Waals surface area contributed by atoms with Crippen LogP contribution >= 0.6 is 0 Å². The monoisotopic (exact) mass is 406 g/mol. The smallest absolute Gasteiger partial charge is 0.121 e. The van der Waals surface area contributed by atoms with Crippen LogP contribution in [0.15, 0.2) is 42.7 Å². The zero-order valence-electron chi connectivity index (χ0n) is 17.4. The molecular weight excluding hydrogens is 380 g/mol. The summed E-state index contributed by atoms with van der Waals surface area (Å²) in [5.41, 5.74) is 3.54. The molecule has 0 N–H and O–H groups in total. The first kappa shape index (κ1) is 21.6. The van der Waals surface area contributed by atoms with Gasteiger partial charge in [0.05, 0.1) is 24.4 Å². The van der Waals surface area contributed by atoms with Crippen molar-refractivity contribution in [2.75, 3.05) is 40.1 Å². The molecule has 0 aliphatic rings. The van der Waals surface area contributed by atoms with Gasteiger partial charge in [0, 0.05) is 37.2 Å². The highest BCUT2D eigenvalue weighted by molar-refractivity contribution is 5.82. The summed E-state index contributed by atoms with van der Waals surface area (Å²) in [5.74, 6) is 4.18. The number of rotatable bonds is 11. The minimum atomic E-state index is 0.476. The summed E-state index contributed by atoms with van der Waals surface area (Å²) in [6.45, 7) is 4.66. The SMILES string of the molecule is C#Cc1cc(Cc2ncnc3cc(OCCOC)ccc23)cc(OCCOCC)c1. The lowest BCUT2D eigenvalue weighted by Crippen LogP contribution is -2.07. The van der Waals surface area contributed by atoms with E-state index in [1.54, 1.807) is 13.4 Å². The van der Waals surface area contributed by atoms with E-state index < -0.39 is 0 Å². The molecule has 0 fully saturated rings. The zero-order chi connectivity index (χ0) is 21.2. The Bertz CT molecular complexity index is 1010. The molecule has 0 bridgehead atoms. The van der Waals surface area contributed by atoms with Gasteiger partial charge in [-0.3, -0.25) is 0 Å². The number of nitrogens with zero attached hydrogens (tertiary/aromatic N) is 2. The third-order valence-corrected chi connectivity index (χ3v) is 4.45. The molecule has 0 saturated carbocycles. The maximum Gasteiger partial charge on any atom is 0.121 e. The predicted octanol–water partition coefficient (Wildman–Crippen LogP) is 3.64. The topological polar surface area (TPSA) is 62.7 Å². The number of hydrogen-bond acceptors (Lipinski definition) is 6. The summed E-state index contributed by atoms with van der Waals surface area (Å²) in [4.78, 5) is 8.88. The Hall–Kier alpha value is -3.14. The number of hydrogen-bond donors (Lipinski definition) is 0. The number of ether oxygens (including phenoxy) is 4. The van der Waals surface area contributed by atoms with Crippen molar-refractivity contribution in [1.29, 1.82) is 0 Å². The Labute approximate surface area is 177 Å². The van der Waals surface area contributed by atoms with Crippen molar-refractivity contribution in [2.45, 2.75) is 13.3 Å². The molecule has 0 saturated heterocycles. The maximum absolute atomic E-state index is 5.80. The highest BCUT2D eigenvalue weighted by atomic mass is 16.5. The van der Waals surface area contributed by atoms with Crippen LogP contribution in [-0.2, 0) is 15.9 Å². The fourth-order valence-electron chi connectivity index (χ4n) is 3.05. The molecule has 156 valence electrons. The first-order valence-corrected chi connectivity index (χ1v) is 9.90. The molecule has 1 heterocycles. The molecule has 3 rings (SSSR count). The van der Waals surface area contributed by atoms with Gasteiger partial charge in [-0.2, -0.15) is 0 Å². The van der Waals surface area contributed by atoms with Crippen LogP contribution in [0.25, 0.3) is 10.9 Å². The molecule has 0 aliphatic heterocycles. The van der Waals surface area contributed by atoms with E-state index in [2.05, 4.69) is 15.9 Å². The van der Waals surface area contributed by atoms with Gasteiger partial charge in [-0.25, -0.2) is 9.97 Å². The summed E-state index contributed by atoms with van der Waals surface area (Å²) in [7, 11) is 1.65. The summed E-state index contributed by atoms with van der Waals surface area (Å²) < 4.78 is 21.8. The molecule has 0 unspecified atom stereocenters. The second-order valence-electron chi connectivity index (χ2n) is 6.57. The number of methoxy groups -OCH3 is 1. The predicted molar refractivity (Wildman–Crippen MR) is 116 cm³/mol. The van der Waals surface area contributed by atoms with E-state index in [0.717, 1.165) is 39.2 Å². The molecule has 2 aromatic carbocycles. The van der Waals surface area contributed by atoms with E-state index in [9.17, 15) is 0 Å². The van der Waals surface area contributed by atoms with Gasteiger partial charge in [0.25, 0.3) is 0 Å². The summed E-state index contributed by atoms with van der Waals surface area (Å²) in [5, 5.41) is 0.974. The van der Waals surface area contributed by atoms with E-state index in [4.69, 9.17) is 25.4 Å². The van der Waals surface area contributed by atoms with E-state index in [1.165, 1.54) is 0 Å². The van der Waals surface area contributed by atoms with Crippen LogP contribution in [-0.4, -0.2) is 50.1 Å². The van der Waals surface area contributed by atoms with Gasteiger partial charge in [-0.1, -0.05) is 5.92 Å². The molecule has 30 heavy (non-hydrogen) atoms. The number of fused-ring (bicyclic) bond motifs is 1. The lowest BCUT2D eigenvalue weighted by molar-refractivity contribution is 0.110. The van der Waals surface area contributed by atoms with Crippen LogP contribution in [0.5, 0.6) is 11.5 Å². The van der Waals surface area contributed by atoms with Crippen LogP contribution in [0.1, 0.15) is 23.7 Å². The summed E-state index contributed by atoms with van der Waals surface area (Å²) in [6.07, 6.45) is 7.82. The molecule has 6 nitrogen and oxygen atoms in total.